The van der Waals surface area contributed by atoms with Crippen molar-refractivity contribution >= 4 is 22.1 Å². The molecule has 9 heteroatoms. The molecule has 1 N–H and O–H groups in total. The smallest absolute Gasteiger partial charge is 0.745 e. The molecule has 0 aliphatic carbocycles. The van der Waals surface area contributed by atoms with Gasteiger partial charge in [-0.2, -0.15) is 0 Å². The molecule has 0 unspecified atom stereocenters. The van der Waals surface area contributed by atoms with Gasteiger partial charge in [0, 0.05) is 18.4 Å². The van der Waals surface area contributed by atoms with Crippen molar-refractivity contribution in [3.63, 3.8) is 0 Å². The number of hydrogen-bond acceptors (Lipinski definition) is 6. The molecule has 19 heavy (non-hydrogen) atoms. The number of allylic oxidation sites excluding steroid dienone is 1. The standard InChI is InChI=1S/2C4H6O2.C2H4O3S.Na/c1-3-6-4(2)5;1-2-3-4(5)6;1-2-6(3,4)5;/h3H,1H2,2H3;2-3H,1H3,(H,5,6);2H,1H2,(H,3,4,5);/q;;;+1/p-1/b;3-2+;;. The van der Waals surface area contributed by atoms with E-state index in [2.05, 4.69) is 17.9 Å². The summed E-state index contributed by atoms with van der Waals surface area (Å²) in [4.78, 5) is 19.3. The second-order valence-corrected chi connectivity index (χ2v) is 3.59. The zero-order valence-electron chi connectivity index (χ0n) is 11.0. The normalized spacial score (nSPS) is 8.58. The van der Waals surface area contributed by atoms with E-state index in [4.69, 9.17) is 5.11 Å². The van der Waals surface area contributed by atoms with Crippen LogP contribution in [0.25, 0.3) is 0 Å². The molecule has 0 atom stereocenters. The molecule has 0 aliphatic heterocycles. The van der Waals surface area contributed by atoms with Gasteiger partial charge in [0.1, 0.15) is 10.1 Å². The molecular formula is C10H15NaO7S. The minimum Gasteiger partial charge on any atom is -0.745 e. The van der Waals surface area contributed by atoms with E-state index < -0.39 is 16.1 Å². The van der Waals surface area contributed by atoms with Gasteiger partial charge in [0.15, 0.2) is 0 Å². The summed E-state index contributed by atoms with van der Waals surface area (Å²) in [7, 11) is -4.15. The van der Waals surface area contributed by atoms with E-state index in [-0.39, 0.29) is 35.5 Å². The first-order valence-electron chi connectivity index (χ1n) is 4.32. The van der Waals surface area contributed by atoms with Crippen molar-refractivity contribution in [1.82, 2.24) is 0 Å². The molecule has 0 bridgehead atoms. The molecule has 0 spiro atoms. The first-order chi connectivity index (χ1) is 8.10. The molecule has 0 amide bonds. The van der Waals surface area contributed by atoms with Crippen molar-refractivity contribution in [3.05, 3.63) is 37.0 Å². The minimum atomic E-state index is -4.15. The summed E-state index contributed by atoms with van der Waals surface area (Å²) < 4.78 is 32.1. The molecular weight excluding hydrogens is 287 g/mol. The first-order valence-corrected chi connectivity index (χ1v) is 5.79. The van der Waals surface area contributed by atoms with E-state index in [1.54, 1.807) is 6.92 Å². The van der Waals surface area contributed by atoms with Gasteiger partial charge in [0.25, 0.3) is 0 Å². The Morgan fingerprint density at radius 2 is 1.68 bits per heavy atom. The first kappa shape index (κ1) is 26.6. The molecule has 7 nitrogen and oxygen atoms in total. The molecule has 0 heterocycles. The molecule has 0 aromatic heterocycles. The SMILES string of the molecule is C/C=C/C(=O)O.C=COC(C)=O.C=CS(=O)(=O)[O-].[Na+]. The fourth-order valence-electron chi connectivity index (χ4n) is 0.260. The molecule has 0 aliphatic rings. The summed E-state index contributed by atoms with van der Waals surface area (Å²) in [6.45, 7) is 8.87. The van der Waals surface area contributed by atoms with Crippen LogP contribution in [-0.4, -0.2) is 30.0 Å². The van der Waals surface area contributed by atoms with Crippen molar-refractivity contribution in [2.45, 2.75) is 13.8 Å². The summed E-state index contributed by atoms with van der Waals surface area (Å²) in [6.07, 6.45) is 3.66. The fourth-order valence-corrected chi connectivity index (χ4v) is 0.260. The second kappa shape index (κ2) is 17.1. The number of hydrogen-bond donors (Lipinski definition) is 1. The van der Waals surface area contributed by atoms with Gasteiger partial charge in [-0.25, -0.2) is 13.2 Å². The summed E-state index contributed by atoms with van der Waals surface area (Å²) in [5.41, 5.74) is 0. The van der Waals surface area contributed by atoms with Crippen LogP contribution in [0.4, 0.5) is 0 Å². The zero-order valence-corrected chi connectivity index (χ0v) is 13.8. The van der Waals surface area contributed by atoms with E-state index in [1.165, 1.54) is 13.0 Å². The average Bonchev–Trinajstić information content (AvgIpc) is 2.18. The van der Waals surface area contributed by atoms with E-state index in [0.717, 1.165) is 12.3 Å². The second-order valence-electron chi connectivity index (χ2n) is 2.27. The van der Waals surface area contributed by atoms with Gasteiger partial charge < -0.3 is 14.4 Å². The van der Waals surface area contributed by atoms with Gasteiger partial charge >= 0.3 is 41.5 Å². The van der Waals surface area contributed by atoms with E-state index in [0.29, 0.717) is 5.41 Å². The number of carboxylic acids is 1. The molecule has 0 aromatic carbocycles. The van der Waals surface area contributed by atoms with E-state index >= 15 is 0 Å². The van der Waals surface area contributed by atoms with E-state index in [9.17, 15) is 22.6 Å². The van der Waals surface area contributed by atoms with Crippen LogP contribution >= 0.6 is 0 Å². The summed E-state index contributed by atoms with van der Waals surface area (Å²) >= 11 is 0. The summed E-state index contributed by atoms with van der Waals surface area (Å²) in [6, 6.07) is 0. The Hall–Kier alpha value is -0.930. The van der Waals surface area contributed by atoms with Gasteiger partial charge in [-0.1, -0.05) is 19.2 Å². The van der Waals surface area contributed by atoms with Crippen molar-refractivity contribution < 1.29 is 62.0 Å². The topological polar surface area (TPSA) is 121 Å². The number of carboxylic acid groups (broad SMARTS) is 1. The Balaban J connectivity index is -0.0000000865. The van der Waals surface area contributed by atoms with Crippen molar-refractivity contribution in [3.8, 4) is 0 Å². The van der Waals surface area contributed by atoms with Gasteiger partial charge in [-0.05, 0) is 6.92 Å². The average molecular weight is 302 g/mol. The summed E-state index contributed by atoms with van der Waals surface area (Å²) in [5, 5.41) is 8.18. The van der Waals surface area contributed by atoms with Gasteiger partial charge in [-0.3, -0.25) is 4.79 Å². The molecule has 0 aromatic rings. The minimum absolute atomic E-state index is 0. The predicted molar refractivity (Wildman–Crippen MR) is 64.3 cm³/mol. The third-order valence-corrected chi connectivity index (χ3v) is 1.17. The molecule has 0 fully saturated rings. The van der Waals surface area contributed by atoms with Gasteiger partial charge in [-0.15, -0.1) is 0 Å². The maximum atomic E-state index is 9.75. The molecule has 0 rings (SSSR count). The number of aliphatic carboxylic acids is 1. The Bertz CT molecular complexity index is 386. The van der Waals surface area contributed by atoms with Crippen molar-refractivity contribution in [1.29, 1.82) is 0 Å². The quantitative estimate of drug-likeness (QED) is 0.211. The molecule has 0 saturated heterocycles. The van der Waals surface area contributed by atoms with Crippen LogP contribution in [0.2, 0.25) is 0 Å². The molecule has 0 saturated carbocycles. The Morgan fingerprint density at radius 3 is 1.68 bits per heavy atom. The number of ether oxygens (including phenoxy) is 1. The maximum absolute atomic E-state index is 9.75. The number of esters is 1. The zero-order chi connectivity index (χ0) is 15.2. The number of carbonyl (C=O) groups is 2. The van der Waals surface area contributed by atoms with Crippen LogP contribution in [0, 0.1) is 0 Å². The van der Waals surface area contributed by atoms with Gasteiger partial charge in [0.2, 0.25) is 0 Å². The predicted octanol–water partition coefficient (Wildman–Crippen LogP) is -1.98. The van der Waals surface area contributed by atoms with Crippen LogP contribution in [0.3, 0.4) is 0 Å². The third kappa shape index (κ3) is 59.5. The Morgan fingerprint density at radius 1 is 1.32 bits per heavy atom. The van der Waals surface area contributed by atoms with Crippen LogP contribution in [0.15, 0.2) is 37.0 Å². The number of rotatable bonds is 3. The van der Waals surface area contributed by atoms with Crippen LogP contribution < -0.4 is 29.6 Å². The molecule has 104 valence electrons. The summed E-state index contributed by atoms with van der Waals surface area (Å²) in [5.74, 6) is -1.22. The Labute approximate surface area is 134 Å². The van der Waals surface area contributed by atoms with E-state index in [1.807, 2.05) is 0 Å². The monoisotopic (exact) mass is 302 g/mol. The molecule has 0 radical (unpaired) electrons. The van der Waals surface area contributed by atoms with Gasteiger partial charge in [0.05, 0.1) is 6.26 Å². The van der Waals surface area contributed by atoms with Crippen LogP contribution in [0.1, 0.15) is 13.8 Å². The largest absolute Gasteiger partial charge is 1.00 e. The Kier molecular flexibility index (Phi) is 23.9. The van der Waals surface area contributed by atoms with Crippen LogP contribution in [-0.2, 0) is 24.4 Å². The van der Waals surface area contributed by atoms with Crippen molar-refractivity contribution in [2.24, 2.45) is 0 Å². The maximum Gasteiger partial charge on any atom is 1.00 e. The number of carbonyl (C=O) groups excluding carboxylic acids is 1. The van der Waals surface area contributed by atoms with Crippen molar-refractivity contribution in [2.75, 3.05) is 0 Å². The van der Waals surface area contributed by atoms with Crippen LogP contribution in [0.5, 0.6) is 0 Å². The fraction of sp³-hybridized carbons (Fsp3) is 0.200. The third-order valence-electron chi connectivity index (χ3n) is 0.763.